The van der Waals surface area contributed by atoms with Crippen LogP contribution >= 0.6 is 11.6 Å². The van der Waals surface area contributed by atoms with Crippen LogP contribution in [0.5, 0.6) is 0 Å². The van der Waals surface area contributed by atoms with Gasteiger partial charge in [0.05, 0.1) is 17.7 Å². The van der Waals surface area contributed by atoms with E-state index in [1.165, 1.54) is 0 Å². The largest absolute Gasteiger partial charge is 0.450 e. The maximum Gasteiger partial charge on any atom is 0.410 e. The average Bonchev–Trinajstić information content (AvgIpc) is 3.00. The van der Waals surface area contributed by atoms with Crippen LogP contribution in [0, 0.1) is 6.92 Å². The third-order valence-corrected chi connectivity index (χ3v) is 8.95. The Hall–Kier alpha value is -1.77. The van der Waals surface area contributed by atoms with Crippen molar-refractivity contribution in [1.29, 1.82) is 0 Å². The summed E-state index contributed by atoms with van der Waals surface area (Å²) < 4.78 is 17.9. The Kier molecular flexibility index (Phi) is 8.14. The number of hydrogen-bond donors (Lipinski definition) is 1. The second kappa shape index (κ2) is 10.2. The Morgan fingerprint density at radius 1 is 1.17 bits per heavy atom. The lowest BCUT2D eigenvalue weighted by atomic mass is 9.81. The van der Waals surface area contributed by atoms with Crippen molar-refractivity contribution in [2.24, 2.45) is 0 Å². The summed E-state index contributed by atoms with van der Waals surface area (Å²) in [5.41, 5.74) is 1.16. The molecule has 202 valence electrons. The van der Waals surface area contributed by atoms with Gasteiger partial charge < -0.3 is 24.4 Å². The fourth-order valence-electron chi connectivity index (χ4n) is 4.78. The topological polar surface area (TPSA) is 77.1 Å². The number of benzene rings is 1. The van der Waals surface area contributed by atoms with Gasteiger partial charge in [0.2, 0.25) is 0 Å². The van der Waals surface area contributed by atoms with E-state index in [4.69, 9.17) is 25.8 Å². The molecule has 2 heterocycles. The van der Waals surface area contributed by atoms with Crippen molar-refractivity contribution in [2.75, 3.05) is 19.7 Å². The molecule has 0 radical (unpaired) electrons. The summed E-state index contributed by atoms with van der Waals surface area (Å²) in [6.45, 7) is 19.7. The number of nitrogens with one attached hydrogen (secondary N) is 1. The average molecular weight is 539 g/mol. The molecule has 0 bridgehead atoms. The molecule has 0 aromatic heterocycles. The number of aryl methyl sites for hydroxylation is 1. The van der Waals surface area contributed by atoms with Crippen LogP contribution in [0.2, 0.25) is 30.7 Å². The van der Waals surface area contributed by atoms with E-state index in [0.717, 1.165) is 22.7 Å². The van der Waals surface area contributed by atoms with Gasteiger partial charge in [-0.3, -0.25) is 0 Å². The summed E-state index contributed by atoms with van der Waals surface area (Å²) in [4.78, 5) is 27.1. The molecule has 0 unspecified atom stereocenters. The molecule has 9 heteroatoms. The van der Waals surface area contributed by atoms with E-state index in [-0.39, 0.29) is 12.2 Å². The van der Waals surface area contributed by atoms with Crippen LogP contribution in [-0.4, -0.2) is 56.0 Å². The van der Waals surface area contributed by atoms with Crippen molar-refractivity contribution < 1.29 is 23.8 Å². The Bertz CT molecular complexity index is 991. The first kappa shape index (κ1) is 28.8. The van der Waals surface area contributed by atoms with E-state index in [1.807, 2.05) is 47.6 Å². The minimum Gasteiger partial charge on any atom is -0.450 e. The molecule has 2 aliphatic heterocycles. The molecule has 0 aliphatic carbocycles. The Balaban J connectivity index is 1.79. The first-order chi connectivity index (χ1) is 16.4. The van der Waals surface area contributed by atoms with Crippen molar-refractivity contribution in [3.8, 4) is 0 Å². The monoisotopic (exact) mass is 538 g/mol. The SMILES string of the molecule is Cc1cc2c(cc1Cl)C1(CCN(C(=O)OC(C)(C)C)CC1)O[C@@H]2C(C)(C)NC(=O)OCC[Si](C)(C)C. The van der Waals surface area contributed by atoms with Gasteiger partial charge in [0.1, 0.15) is 11.7 Å². The van der Waals surface area contributed by atoms with E-state index < -0.39 is 30.9 Å². The quantitative estimate of drug-likeness (QED) is 0.418. The predicted octanol–water partition coefficient (Wildman–Crippen LogP) is 6.79. The van der Waals surface area contributed by atoms with Crippen molar-refractivity contribution in [2.45, 2.75) is 103 Å². The fraction of sp³-hybridized carbons (Fsp3) is 0.704. The number of amides is 2. The van der Waals surface area contributed by atoms with Gasteiger partial charge in [-0.05, 0) is 83.2 Å². The summed E-state index contributed by atoms with van der Waals surface area (Å²) in [6.07, 6.45) is 0.102. The number of carbonyl (C=O) groups is 2. The maximum absolute atomic E-state index is 12.7. The Morgan fingerprint density at radius 2 is 1.78 bits per heavy atom. The number of likely N-dealkylation sites (tertiary alicyclic amines) is 1. The second-order valence-electron chi connectivity index (χ2n) is 12.9. The molecule has 1 fully saturated rings. The molecule has 1 spiro atoms. The van der Waals surface area contributed by atoms with Gasteiger partial charge in [-0.2, -0.15) is 0 Å². The van der Waals surface area contributed by atoms with E-state index >= 15 is 0 Å². The third kappa shape index (κ3) is 6.75. The zero-order valence-electron chi connectivity index (χ0n) is 23.3. The molecule has 1 aromatic carbocycles. The first-order valence-corrected chi connectivity index (χ1v) is 16.9. The summed E-state index contributed by atoms with van der Waals surface area (Å²) in [5, 5.41) is 3.73. The lowest BCUT2D eigenvalue weighted by Gasteiger charge is -2.41. The molecular weight excluding hydrogens is 496 g/mol. The molecule has 2 amide bonds. The predicted molar refractivity (Wildman–Crippen MR) is 145 cm³/mol. The summed E-state index contributed by atoms with van der Waals surface area (Å²) >= 11 is 6.56. The number of rotatable bonds is 5. The highest BCUT2D eigenvalue weighted by molar-refractivity contribution is 6.76. The lowest BCUT2D eigenvalue weighted by Crippen LogP contribution is -2.50. The fourth-order valence-corrected chi connectivity index (χ4v) is 5.66. The molecule has 2 aliphatic rings. The molecule has 3 rings (SSSR count). The van der Waals surface area contributed by atoms with Crippen LogP contribution < -0.4 is 5.32 Å². The van der Waals surface area contributed by atoms with Gasteiger partial charge in [-0.1, -0.05) is 37.3 Å². The smallest absolute Gasteiger partial charge is 0.410 e. The minimum atomic E-state index is -1.30. The maximum atomic E-state index is 12.7. The highest BCUT2D eigenvalue weighted by Crippen LogP contribution is 2.53. The number of carbonyl (C=O) groups excluding carboxylic acids is 2. The van der Waals surface area contributed by atoms with Gasteiger partial charge >= 0.3 is 12.2 Å². The number of fused-ring (bicyclic) bond motifs is 2. The standard InChI is InChI=1S/C27H43ClN2O5Si/c1-18-16-19-20(17-21(18)28)27(10-12-30(13-11-27)24(32)35-25(2,3)4)34-22(19)26(5,6)29-23(31)33-14-15-36(7,8)9/h16-17,22H,10-15H2,1-9H3,(H,29,31)/t22-/m0/s1. The molecular formula is C27H43ClN2O5Si. The van der Waals surface area contributed by atoms with E-state index in [0.29, 0.717) is 37.6 Å². The normalized spacial score (nSPS) is 19.7. The van der Waals surface area contributed by atoms with Crippen molar-refractivity contribution in [1.82, 2.24) is 10.2 Å². The highest BCUT2D eigenvalue weighted by atomic mass is 35.5. The Morgan fingerprint density at radius 3 is 2.33 bits per heavy atom. The number of hydrogen-bond acceptors (Lipinski definition) is 5. The molecule has 36 heavy (non-hydrogen) atoms. The lowest BCUT2D eigenvalue weighted by molar-refractivity contribution is -0.130. The first-order valence-electron chi connectivity index (χ1n) is 12.8. The number of nitrogens with zero attached hydrogens (tertiary/aromatic N) is 1. The number of halogens is 1. The van der Waals surface area contributed by atoms with Crippen LogP contribution in [0.3, 0.4) is 0 Å². The Labute approximate surface area is 222 Å². The molecule has 1 atom stereocenters. The van der Waals surface area contributed by atoms with Crippen LogP contribution in [-0.2, 0) is 19.8 Å². The van der Waals surface area contributed by atoms with Crippen LogP contribution in [0.15, 0.2) is 12.1 Å². The molecule has 1 aromatic rings. The van der Waals surface area contributed by atoms with E-state index in [2.05, 4.69) is 31.0 Å². The molecule has 1 N–H and O–H groups in total. The van der Waals surface area contributed by atoms with Gasteiger partial charge in [0.25, 0.3) is 0 Å². The molecule has 0 saturated carbocycles. The summed E-state index contributed by atoms with van der Waals surface area (Å²) in [7, 11) is -1.30. The minimum absolute atomic E-state index is 0.308. The van der Waals surface area contributed by atoms with Gasteiger partial charge in [-0.25, -0.2) is 9.59 Å². The van der Waals surface area contributed by atoms with Crippen LogP contribution in [0.4, 0.5) is 9.59 Å². The van der Waals surface area contributed by atoms with E-state index in [9.17, 15) is 9.59 Å². The molecule has 7 nitrogen and oxygen atoms in total. The van der Waals surface area contributed by atoms with Crippen molar-refractivity contribution >= 4 is 31.9 Å². The zero-order chi connectivity index (χ0) is 27.1. The summed E-state index contributed by atoms with van der Waals surface area (Å²) in [5.74, 6) is 0. The van der Waals surface area contributed by atoms with Gasteiger partial charge in [0, 0.05) is 26.2 Å². The second-order valence-corrected chi connectivity index (χ2v) is 19.0. The van der Waals surface area contributed by atoms with Crippen LogP contribution in [0.25, 0.3) is 0 Å². The third-order valence-electron chi connectivity index (χ3n) is 6.84. The van der Waals surface area contributed by atoms with Gasteiger partial charge in [-0.15, -0.1) is 0 Å². The van der Waals surface area contributed by atoms with E-state index in [1.54, 1.807) is 4.90 Å². The number of piperidine rings is 1. The highest BCUT2D eigenvalue weighted by Gasteiger charge is 2.52. The van der Waals surface area contributed by atoms with Crippen molar-refractivity contribution in [3.63, 3.8) is 0 Å². The number of ether oxygens (including phenoxy) is 3. The zero-order valence-corrected chi connectivity index (χ0v) is 25.1. The van der Waals surface area contributed by atoms with Crippen molar-refractivity contribution in [3.05, 3.63) is 33.8 Å². The summed E-state index contributed by atoms with van der Waals surface area (Å²) in [6, 6.07) is 4.98. The number of alkyl carbamates (subject to hydrolysis) is 1. The van der Waals surface area contributed by atoms with Crippen LogP contribution in [0.1, 0.15) is 70.3 Å². The van der Waals surface area contributed by atoms with Gasteiger partial charge in [0.15, 0.2) is 0 Å². The molecule has 1 saturated heterocycles.